The molecule has 4 nitrogen and oxygen atoms in total. The van der Waals surface area contributed by atoms with Crippen molar-refractivity contribution >= 4 is 17.3 Å². The predicted molar refractivity (Wildman–Crippen MR) is 83.1 cm³/mol. The van der Waals surface area contributed by atoms with E-state index >= 15 is 0 Å². The monoisotopic (exact) mass is 302 g/mol. The van der Waals surface area contributed by atoms with Gasteiger partial charge in [0.2, 0.25) is 0 Å². The zero-order valence-corrected chi connectivity index (χ0v) is 12.3. The van der Waals surface area contributed by atoms with Crippen molar-refractivity contribution in [3.63, 3.8) is 0 Å². The molecule has 0 saturated heterocycles. The molecule has 3 rings (SSSR count). The van der Waals surface area contributed by atoms with Crippen molar-refractivity contribution in [1.82, 2.24) is 5.43 Å². The van der Waals surface area contributed by atoms with Crippen LogP contribution in [0.1, 0.15) is 23.6 Å². The predicted octanol–water partition coefficient (Wildman–Crippen LogP) is 3.49. The molecule has 2 aromatic rings. The normalized spacial score (nSPS) is 17.2. The Morgan fingerprint density at radius 2 is 2.00 bits per heavy atom. The SMILES string of the molecule is COc1ccc(C2=NN[C@@H](c3cc(Cl)ccc3O)C2)cc1. The zero-order valence-electron chi connectivity index (χ0n) is 11.5. The first-order valence-electron chi connectivity index (χ1n) is 6.62. The summed E-state index contributed by atoms with van der Waals surface area (Å²) in [6.07, 6.45) is 0.695. The Balaban J connectivity index is 1.79. The van der Waals surface area contributed by atoms with Crippen molar-refractivity contribution < 1.29 is 9.84 Å². The van der Waals surface area contributed by atoms with Gasteiger partial charge in [0.1, 0.15) is 11.5 Å². The maximum absolute atomic E-state index is 9.95. The summed E-state index contributed by atoms with van der Waals surface area (Å²) >= 11 is 5.99. The molecular formula is C16H15ClN2O2. The van der Waals surface area contributed by atoms with E-state index in [1.807, 2.05) is 24.3 Å². The first kappa shape index (κ1) is 13.8. The average Bonchev–Trinajstić information content (AvgIpc) is 2.99. The molecule has 1 atom stereocenters. The Morgan fingerprint density at radius 1 is 1.24 bits per heavy atom. The summed E-state index contributed by atoms with van der Waals surface area (Å²) in [7, 11) is 1.64. The van der Waals surface area contributed by atoms with Crippen LogP contribution in [0.5, 0.6) is 11.5 Å². The van der Waals surface area contributed by atoms with E-state index < -0.39 is 0 Å². The minimum atomic E-state index is -0.0687. The largest absolute Gasteiger partial charge is 0.508 e. The van der Waals surface area contributed by atoms with Gasteiger partial charge in [0.25, 0.3) is 0 Å². The lowest BCUT2D eigenvalue weighted by Gasteiger charge is -2.12. The Morgan fingerprint density at radius 3 is 2.71 bits per heavy atom. The van der Waals surface area contributed by atoms with Crippen molar-refractivity contribution in [3.05, 3.63) is 58.6 Å². The van der Waals surface area contributed by atoms with Crippen LogP contribution in [0.15, 0.2) is 47.6 Å². The lowest BCUT2D eigenvalue weighted by Crippen LogP contribution is -2.10. The molecule has 2 N–H and O–H groups in total. The fourth-order valence-electron chi connectivity index (χ4n) is 2.39. The second-order valence-corrected chi connectivity index (χ2v) is 5.31. The third-order valence-electron chi connectivity index (χ3n) is 3.54. The highest BCUT2D eigenvalue weighted by molar-refractivity contribution is 6.30. The van der Waals surface area contributed by atoms with E-state index in [0.717, 1.165) is 22.6 Å². The van der Waals surface area contributed by atoms with Crippen LogP contribution in [0.4, 0.5) is 0 Å². The van der Waals surface area contributed by atoms with E-state index in [0.29, 0.717) is 11.4 Å². The van der Waals surface area contributed by atoms with Gasteiger partial charge in [-0.05, 0) is 48.0 Å². The molecule has 0 saturated carbocycles. The first-order chi connectivity index (χ1) is 10.2. The molecule has 21 heavy (non-hydrogen) atoms. The van der Waals surface area contributed by atoms with E-state index in [2.05, 4.69) is 10.5 Å². The molecule has 0 aliphatic carbocycles. The fraction of sp³-hybridized carbons (Fsp3) is 0.188. The smallest absolute Gasteiger partial charge is 0.121 e. The molecular weight excluding hydrogens is 288 g/mol. The van der Waals surface area contributed by atoms with Gasteiger partial charge in [-0.15, -0.1) is 0 Å². The number of nitrogens with one attached hydrogen (secondary N) is 1. The van der Waals surface area contributed by atoms with Crippen LogP contribution < -0.4 is 10.2 Å². The number of hydrogen-bond acceptors (Lipinski definition) is 4. The number of rotatable bonds is 3. The van der Waals surface area contributed by atoms with Crippen LogP contribution in [0.3, 0.4) is 0 Å². The van der Waals surface area contributed by atoms with Gasteiger partial charge in [-0.2, -0.15) is 5.10 Å². The van der Waals surface area contributed by atoms with Gasteiger partial charge in [0.15, 0.2) is 0 Å². The maximum atomic E-state index is 9.95. The number of aromatic hydroxyl groups is 1. The summed E-state index contributed by atoms with van der Waals surface area (Å²) < 4.78 is 5.15. The van der Waals surface area contributed by atoms with E-state index in [1.165, 1.54) is 0 Å². The number of phenols is 1. The van der Waals surface area contributed by atoms with Crippen molar-refractivity contribution in [2.24, 2.45) is 5.10 Å². The molecule has 5 heteroatoms. The molecule has 0 radical (unpaired) electrons. The minimum absolute atomic E-state index is 0.0687. The lowest BCUT2D eigenvalue weighted by molar-refractivity contribution is 0.415. The number of methoxy groups -OCH3 is 1. The van der Waals surface area contributed by atoms with Gasteiger partial charge in [0.05, 0.1) is 18.9 Å². The second-order valence-electron chi connectivity index (χ2n) is 4.88. The third-order valence-corrected chi connectivity index (χ3v) is 3.78. The molecule has 108 valence electrons. The third kappa shape index (κ3) is 2.81. The van der Waals surface area contributed by atoms with Crippen molar-refractivity contribution in [2.75, 3.05) is 7.11 Å². The van der Waals surface area contributed by atoms with Crippen molar-refractivity contribution in [2.45, 2.75) is 12.5 Å². The van der Waals surface area contributed by atoms with Gasteiger partial charge >= 0.3 is 0 Å². The lowest BCUT2D eigenvalue weighted by atomic mass is 9.98. The Bertz CT molecular complexity index is 683. The minimum Gasteiger partial charge on any atom is -0.508 e. The highest BCUT2D eigenvalue weighted by Gasteiger charge is 2.23. The number of benzene rings is 2. The molecule has 0 fully saturated rings. The van der Waals surface area contributed by atoms with E-state index in [1.54, 1.807) is 25.3 Å². The number of hydrazone groups is 1. The molecule has 1 aliphatic heterocycles. The first-order valence-corrected chi connectivity index (χ1v) is 7.00. The summed E-state index contributed by atoms with van der Waals surface area (Å²) in [5.74, 6) is 1.04. The summed E-state index contributed by atoms with van der Waals surface area (Å²) in [6.45, 7) is 0. The molecule has 0 spiro atoms. The van der Waals surface area contributed by atoms with Crippen LogP contribution in [-0.4, -0.2) is 17.9 Å². The zero-order chi connectivity index (χ0) is 14.8. The summed E-state index contributed by atoms with van der Waals surface area (Å²) in [6, 6.07) is 12.7. The quantitative estimate of drug-likeness (QED) is 0.912. The Hall–Kier alpha value is -2.20. The summed E-state index contributed by atoms with van der Waals surface area (Å²) in [4.78, 5) is 0. The van der Waals surface area contributed by atoms with Crippen LogP contribution in [0.2, 0.25) is 5.02 Å². The highest BCUT2D eigenvalue weighted by Crippen LogP contribution is 2.32. The van der Waals surface area contributed by atoms with Gasteiger partial charge in [0, 0.05) is 17.0 Å². The fourth-order valence-corrected chi connectivity index (χ4v) is 2.57. The Labute approximate surface area is 128 Å². The molecule has 0 unspecified atom stereocenters. The van der Waals surface area contributed by atoms with E-state index in [4.69, 9.17) is 16.3 Å². The molecule has 0 bridgehead atoms. The van der Waals surface area contributed by atoms with Crippen LogP contribution >= 0.6 is 11.6 Å². The number of ether oxygens (including phenoxy) is 1. The standard InChI is InChI=1S/C16H15ClN2O2/c1-21-12-5-2-10(3-6-12)14-9-15(19-18-14)13-8-11(17)4-7-16(13)20/h2-8,15,19-20H,9H2,1H3/t15-/m1/s1. The molecule has 1 aliphatic rings. The molecule has 0 aromatic heterocycles. The van der Waals surface area contributed by atoms with Crippen molar-refractivity contribution in [3.8, 4) is 11.5 Å². The molecule has 1 heterocycles. The van der Waals surface area contributed by atoms with E-state index in [-0.39, 0.29) is 11.8 Å². The molecule has 2 aromatic carbocycles. The maximum Gasteiger partial charge on any atom is 0.121 e. The van der Waals surface area contributed by atoms with Gasteiger partial charge in [-0.3, -0.25) is 0 Å². The van der Waals surface area contributed by atoms with Crippen molar-refractivity contribution in [1.29, 1.82) is 0 Å². The van der Waals surface area contributed by atoms with Crippen LogP contribution in [0, 0.1) is 0 Å². The Kier molecular flexibility index (Phi) is 3.71. The van der Waals surface area contributed by atoms with Crippen LogP contribution in [-0.2, 0) is 0 Å². The van der Waals surface area contributed by atoms with Gasteiger partial charge < -0.3 is 15.3 Å². The summed E-state index contributed by atoms with van der Waals surface area (Å²) in [5, 5.41) is 14.9. The second kappa shape index (κ2) is 5.66. The molecule has 0 amide bonds. The number of halogens is 1. The number of nitrogens with zero attached hydrogens (tertiary/aromatic N) is 1. The number of hydrogen-bond donors (Lipinski definition) is 2. The van der Waals surface area contributed by atoms with Gasteiger partial charge in [-0.25, -0.2) is 0 Å². The van der Waals surface area contributed by atoms with Gasteiger partial charge in [-0.1, -0.05) is 11.6 Å². The van der Waals surface area contributed by atoms with Crippen LogP contribution in [0.25, 0.3) is 0 Å². The highest BCUT2D eigenvalue weighted by atomic mass is 35.5. The van der Waals surface area contributed by atoms with E-state index in [9.17, 15) is 5.11 Å². The summed E-state index contributed by atoms with van der Waals surface area (Å²) in [5.41, 5.74) is 5.80. The number of phenolic OH excluding ortho intramolecular Hbond substituents is 1. The average molecular weight is 303 g/mol. The topological polar surface area (TPSA) is 53.8 Å².